The summed E-state index contributed by atoms with van der Waals surface area (Å²) < 4.78 is 99.7. The first-order valence-corrected chi connectivity index (χ1v) is 11.0. The largest absolute Gasteiger partial charge is 0.420 e. The Morgan fingerprint density at radius 1 is 1.19 bits per heavy atom. The molecule has 3 heterocycles. The Morgan fingerprint density at radius 3 is 2.39 bits per heavy atom. The van der Waals surface area contributed by atoms with Crippen molar-refractivity contribution in [3.05, 3.63) is 17.6 Å². The van der Waals surface area contributed by atoms with Gasteiger partial charge in [0.2, 0.25) is 0 Å². The number of nitrogens with two attached hydrogens (primary N) is 1. The van der Waals surface area contributed by atoms with Crippen LogP contribution in [0.25, 0.3) is 11.6 Å². The van der Waals surface area contributed by atoms with Crippen molar-refractivity contribution in [1.82, 2.24) is 24.2 Å². The molecule has 5 rings (SSSR count). The summed E-state index contributed by atoms with van der Waals surface area (Å²) in [5.41, 5.74) is -3.09. The van der Waals surface area contributed by atoms with E-state index in [0.717, 1.165) is 8.99 Å². The minimum atomic E-state index is -4.73. The third kappa shape index (κ3) is 3.08. The van der Waals surface area contributed by atoms with Crippen molar-refractivity contribution >= 4 is 10.2 Å². The highest BCUT2D eigenvalue weighted by Gasteiger charge is 2.82. The van der Waals surface area contributed by atoms with Gasteiger partial charge in [0.25, 0.3) is 22.0 Å². The molecule has 2 aromatic rings. The lowest BCUT2D eigenvalue weighted by Gasteiger charge is -2.30. The van der Waals surface area contributed by atoms with Crippen LogP contribution in [0.4, 0.5) is 22.0 Å². The SMILES string of the molecule is NS(=O)(=O)N1CCC2(CC1)[C@H](c1noc(-c3c(C(F)(F)F)cnn3C3CC3)n1)C2(F)F. The maximum absolute atomic E-state index is 14.8. The van der Waals surface area contributed by atoms with E-state index in [1.54, 1.807) is 0 Å². The van der Waals surface area contributed by atoms with Gasteiger partial charge in [-0.1, -0.05) is 5.16 Å². The van der Waals surface area contributed by atoms with Crippen LogP contribution in [-0.2, 0) is 16.4 Å². The Bertz CT molecular complexity index is 1130. The number of hydrogen-bond donors (Lipinski definition) is 1. The van der Waals surface area contributed by atoms with Crippen molar-refractivity contribution < 1.29 is 34.9 Å². The molecule has 1 aliphatic heterocycles. The first kappa shape index (κ1) is 20.8. The van der Waals surface area contributed by atoms with Gasteiger partial charge in [0.05, 0.1) is 23.6 Å². The molecule has 3 aliphatic rings. The molecule has 0 bridgehead atoms. The molecule has 2 aliphatic carbocycles. The molecule has 31 heavy (non-hydrogen) atoms. The lowest BCUT2D eigenvalue weighted by molar-refractivity contribution is -0.137. The monoisotopic (exact) mass is 468 g/mol. The molecule has 15 heteroatoms. The van der Waals surface area contributed by atoms with Crippen molar-refractivity contribution in [2.75, 3.05) is 13.1 Å². The molecule has 0 radical (unpaired) electrons. The maximum Gasteiger partial charge on any atom is 0.420 e. The Kier molecular flexibility index (Phi) is 4.17. The number of piperidine rings is 1. The first-order valence-electron chi connectivity index (χ1n) is 9.50. The van der Waals surface area contributed by atoms with Gasteiger partial charge in [0.1, 0.15) is 11.3 Å². The van der Waals surface area contributed by atoms with Crippen LogP contribution in [0.1, 0.15) is 49.0 Å². The highest BCUT2D eigenvalue weighted by Crippen LogP contribution is 2.75. The maximum atomic E-state index is 14.8. The number of alkyl halides is 5. The number of aromatic nitrogens is 4. The van der Waals surface area contributed by atoms with Gasteiger partial charge in [-0.25, -0.2) is 13.9 Å². The molecule has 2 aromatic heterocycles. The summed E-state index contributed by atoms with van der Waals surface area (Å²) in [5, 5.41) is 12.4. The van der Waals surface area contributed by atoms with Crippen LogP contribution >= 0.6 is 0 Å². The molecule has 2 N–H and O–H groups in total. The normalized spacial score (nSPS) is 25.8. The number of halogens is 5. The topological polar surface area (TPSA) is 120 Å². The standard InChI is InChI=1S/C16H17F5N6O3S/c17-15(18)11(14(15)3-5-26(6-4-14)31(22,28)29)12-24-13(30-25-12)10-9(16(19,20)21)7-23-27(10)8-1-2-8/h7-8,11H,1-6H2,(H2,22,28,29)/t11-/m0/s1. The summed E-state index contributed by atoms with van der Waals surface area (Å²) >= 11 is 0. The Morgan fingerprint density at radius 2 is 1.84 bits per heavy atom. The number of nitrogens with zero attached hydrogens (tertiary/aromatic N) is 5. The van der Waals surface area contributed by atoms with E-state index in [4.69, 9.17) is 9.66 Å². The first-order chi connectivity index (χ1) is 14.4. The van der Waals surface area contributed by atoms with Crippen molar-refractivity contribution in [1.29, 1.82) is 0 Å². The Labute approximate surface area is 172 Å². The van der Waals surface area contributed by atoms with Crippen LogP contribution in [0.5, 0.6) is 0 Å². The molecule has 2 saturated carbocycles. The molecular formula is C16H17F5N6O3S. The molecule has 3 fully saturated rings. The van der Waals surface area contributed by atoms with Crippen molar-refractivity contribution in [3.63, 3.8) is 0 Å². The molecule has 1 atom stereocenters. The predicted molar refractivity (Wildman–Crippen MR) is 92.8 cm³/mol. The molecule has 0 amide bonds. The molecule has 1 spiro atoms. The van der Waals surface area contributed by atoms with Crippen LogP contribution in [0, 0.1) is 5.41 Å². The minimum Gasteiger partial charge on any atom is -0.332 e. The van der Waals surface area contributed by atoms with E-state index in [-0.39, 0.29) is 32.0 Å². The summed E-state index contributed by atoms with van der Waals surface area (Å²) in [6, 6.07) is -0.238. The average molecular weight is 468 g/mol. The zero-order chi connectivity index (χ0) is 22.4. The van der Waals surface area contributed by atoms with Crippen LogP contribution in [0.3, 0.4) is 0 Å². The van der Waals surface area contributed by atoms with Crippen molar-refractivity contribution in [3.8, 4) is 11.6 Å². The molecular weight excluding hydrogens is 451 g/mol. The quantitative estimate of drug-likeness (QED) is 0.688. The molecule has 9 nitrogen and oxygen atoms in total. The predicted octanol–water partition coefficient (Wildman–Crippen LogP) is 2.31. The summed E-state index contributed by atoms with van der Waals surface area (Å²) in [6.07, 6.45) is -3.16. The summed E-state index contributed by atoms with van der Waals surface area (Å²) in [5.74, 6) is -5.65. The summed E-state index contributed by atoms with van der Waals surface area (Å²) in [7, 11) is -4.00. The van der Waals surface area contributed by atoms with Gasteiger partial charge in [-0.3, -0.25) is 4.68 Å². The van der Waals surface area contributed by atoms with E-state index < -0.39 is 56.6 Å². The zero-order valence-electron chi connectivity index (χ0n) is 15.8. The number of hydrogen-bond acceptors (Lipinski definition) is 6. The minimum absolute atomic E-state index is 0.182. The van der Waals surface area contributed by atoms with Gasteiger partial charge in [-0.15, -0.1) is 0 Å². The molecule has 170 valence electrons. The molecule has 0 unspecified atom stereocenters. The van der Waals surface area contributed by atoms with Crippen molar-refractivity contribution in [2.45, 2.75) is 49.7 Å². The van der Waals surface area contributed by atoms with Crippen LogP contribution in [0.15, 0.2) is 10.7 Å². The van der Waals surface area contributed by atoms with Crippen molar-refractivity contribution in [2.24, 2.45) is 10.6 Å². The fraction of sp³-hybridized carbons (Fsp3) is 0.688. The third-order valence-electron chi connectivity index (χ3n) is 6.37. The van der Waals surface area contributed by atoms with E-state index in [1.807, 2.05) is 0 Å². The second-order valence-electron chi connectivity index (χ2n) is 8.19. The Balaban J connectivity index is 1.46. The van der Waals surface area contributed by atoms with Crippen LogP contribution in [0.2, 0.25) is 0 Å². The fourth-order valence-corrected chi connectivity index (χ4v) is 5.20. The van der Waals surface area contributed by atoms with Gasteiger partial charge in [0, 0.05) is 13.1 Å². The van der Waals surface area contributed by atoms with Gasteiger partial charge in [-0.05, 0) is 25.7 Å². The van der Waals surface area contributed by atoms with E-state index in [2.05, 4.69) is 15.2 Å². The number of rotatable bonds is 4. The zero-order valence-corrected chi connectivity index (χ0v) is 16.6. The van der Waals surface area contributed by atoms with E-state index in [0.29, 0.717) is 19.0 Å². The highest BCUT2D eigenvalue weighted by molar-refractivity contribution is 7.86. The van der Waals surface area contributed by atoms with E-state index in [9.17, 15) is 30.4 Å². The molecule has 0 aromatic carbocycles. The fourth-order valence-electron chi connectivity index (χ4n) is 4.51. The Hall–Kier alpha value is -2.13. The second kappa shape index (κ2) is 6.22. The third-order valence-corrected chi connectivity index (χ3v) is 7.45. The smallest absolute Gasteiger partial charge is 0.332 e. The van der Waals surface area contributed by atoms with Gasteiger partial charge < -0.3 is 4.52 Å². The van der Waals surface area contributed by atoms with Crippen LogP contribution < -0.4 is 5.14 Å². The highest BCUT2D eigenvalue weighted by atomic mass is 32.2. The second-order valence-corrected chi connectivity index (χ2v) is 9.74. The lowest BCUT2D eigenvalue weighted by atomic mass is 9.91. The summed E-state index contributed by atoms with van der Waals surface area (Å²) in [6.45, 7) is -0.384. The lowest BCUT2D eigenvalue weighted by Crippen LogP contribution is -2.43. The van der Waals surface area contributed by atoms with Gasteiger partial charge in [0.15, 0.2) is 5.82 Å². The van der Waals surface area contributed by atoms with Gasteiger partial charge >= 0.3 is 6.18 Å². The van der Waals surface area contributed by atoms with Gasteiger partial charge in [-0.2, -0.15) is 36.0 Å². The van der Waals surface area contributed by atoms with E-state index in [1.165, 1.54) is 0 Å². The average Bonchev–Trinajstić information content (AvgIpc) is 3.39. The summed E-state index contributed by atoms with van der Waals surface area (Å²) in [4.78, 5) is 3.90. The molecule has 1 saturated heterocycles. The van der Waals surface area contributed by atoms with Crippen LogP contribution in [-0.4, -0.2) is 51.7 Å². The van der Waals surface area contributed by atoms with E-state index >= 15 is 0 Å².